The SMILES string of the molecule is Oc1ccc(Br)cc1CNC12CC3CC(CC(C3)C1)C2. The lowest BCUT2D eigenvalue weighted by Gasteiger charge is -2.57. The Morgan fingerprint density at radius 3 is 2.30 bits per heavy atom. The van der Waals surface area contributed by atoms with Crippen molar-refractivity contribution in [3.8, 4) is 5.75 Å². The highest BCUT2D eigenvalue weighted by Crippen LogP contribution is 2.55. The smallest absolute Gasteiger partial charge is 0.120 e. The molecule has 2 nitrogen and oxygen atoms in total. The Bertz CT molecular complexity index is 492. The Balaban J connectivity index is 1.50. The quantitative estimate of drug-likeness (QED) is 0.866. The molecule has 4 saturated carbocycles. The standard InChI is InChI=1S/C17H22BrNO/c18-15-1-2-16(20)14(6-15)10-19-17-7-11-3-12(8-17)5-13(4-11)9-17/h1-2,6,11-13,19-20H,3-5,7-10H2. The molecule has 3 heteroatoms. The van der Waals surface area contributed by atoms with E-state index in [1.807, 2.05) is 12.1 Å². The van der Waals surface area contributed by atoms with Crippen LogP contribution >= 0.6 is 15.9 Å². The average Bonchev–Trinajstić information content (AvgIpc) is 2.38. The first kappa shape index (κ1) is 13.1. The van der Waals surface area contributed by atoms with Crippen molar-refractivity contribution in [1.82, 2.24) is 5.32 Å². The van der Waals surface area contributed by atoms with Crippen molar-refractivity contribution in [2.75, 3.05) is 0 Å². The van der Waals surface area contributed by atoms with Crippen LogP contribution in [0.2, 0.25) is 0 Å². The number of benzene rings is 1. The monoisotopic (exact) mass is 335 g/mol. The third-order valence-corrected chi connectivity index (χ3v) is 6.23. The van der Waals surface area contributed by atoms with Gasteiger partial charge in [-0.2, -0.15) is 0 Å². The molecule has 0 aliphatic heterocycles. The molecule has 0 radical (unpaired) electrons. The van der Waals surface area contributed by atoms with Gasteiger partial charge in [-0.15, -0.1) is 0 Å². The van der Waals surface area contributed by atoms with E-state index in [0.29, 0.717) is 11.3 Å². The van der Waals surface area contributed by atoms with Crippen LogP contribution in [-0.4, -0.2) is 10.6 Å². The van der Waals surface area contributed by atoms with E-state index < -0.39 is 0 Å². The van der Waals surface area contributed by atoms with Gasteiger partial charge in [-0.25, -0.2) is 0 Å². The van der Waals surface area contributed by atoms with Gasteiger partial charge in [-0.1, -0.05) is 15.9 Å². The second kappa shape index (κ2) is 4.74. The zero-order valence-corrected chi connectivity index (χ0v) is 13.3. The number of hydrogen-bond acceptors (Lipinski definition) is 2. The molecule has 0 saturated heterocycles. The van der Waals surface area contributed by atoms with E-state index in [2.05, 4.69) is 21.2 Å². The lowest BCUT2D eigenvalue weighted by atomic mass is 9.53. The van der Waals surface area contributed by atoms with E-state index in [4.69, 9.17) is 0 Å². The normalized spacial score (nSPS) is 38.4. The number of halogens is 1. The molecule has 20 heavy (non-hydrogen) atoms. The van der Waals surface area contributed by atoms with Crippen molar-refractivity contribution in [2.45, 2.75) is 50.6 Å². The van der Waals surface area contributed by atoms with Gasteiger partial charge in [0.25, 0.3) is 0 Å². The second-order valence-corrected chi connectivity index (χ2v) is 8.24. The maximum absolute atomic E-state index is 9.99. The van der Waals surface area contributed by atoms with Crippen LogP contribution in [0, 0.1) is 17.8 Å². The maximum atomic E-state index is 9.99. The van der Waals surface area contributed by atoms with Crippen LogP contribution in [0.1, 0.15) is 44.1 Å². The fraction of sp³-hybridized carbons (Fsp3) is 0.647. The Hall–Kier alpha value is -0.540. The molecule has 1 aromatic rings. The van der Waals surface area contributed by atoms with Crippen molar-refractivity contribution in [3.05, 3.63) is 28.2 Å². The number of nitrogens with one attached hydrogen (secondary N) is 1. The van der Waals surface area contributed by atoms with Crippen molar-refractivity contribution in [3.63, 3.8) is 0 Å². The molecule has 0 aromatic heterocycles. The molecule has 0 unspecified atom stereocenters. The molecular weight excluding hydrogens is 314 g/mol. The molecular formula is C17H22BrNO. The van der Waals surface area contributed by atoms with Crippen LogP contribution in [0.3, 0.4) is 0 Å². The van der Waals surface area contributed by atoms with E-state index in [1.165, 1.54) is 38.5 Å². The van der Waals surface area contributed by atoms with E-state index >= 15 is 0 Å². The number of phenols is 1. The van der Waals surface area contributed by atoms with E-state index in [-0.39, 0.29) is 0 Å². The van der Waals surface area contributed by atoms with Gasteiger partial charge in [0, 0.05) is 22.1 Å². The number of rotatable bonds is 3. The molecule has 4 bridgehead atoms. The summed E-state index contributed by atoms with van der Waals surface area (Å²) in [4.78, 5) is 0. The summed E-state index contributed by atoms with van der Waals surface area (Å²) < 4.78 is 1.04. The topological polar surface area (TPSA) is 32.3 Å². The minimum atomic E-state index is 0.365. The Labute approximate surface area is 129 Å². The van der Waals surface area contributed by atoms with Gasteiger partial charge in [-0.05, 0) is 74.5 Å². The molecule has 4 fully saturated rings. The molecule has 1 aromatic carbocycles. The van der Waals surface area contributed by atoms with Crippen LogP contribution in [0.25, 0.3) is 0 Å². The van der Waals surface area contributed by atoms with E-state index in [0.717, 1.165) is 34.3 Å². The predicted octanol–water partition coefficient (Wildman–Crippen LogP) is 4.21. The highest BCUT2D eigenvalue weighted by atomic mass is 79.9. The highest BCUT2D eigenvalue weighted by Gasteiger charge is 2.50. The maximum Gasteiger partial charge on any atom is 0.120 e. The minimum absolute atomic E-state index is 0.365. The summed E-state index contributed by atoms with van der Waals surface area (Å²) in [5, 5.41) is 13.8. The van der Waals surface area contributed by atoms with E-state index in [1.54, 1.807) is 6.07 Å². The molecule has 0 atom stereocenters. The van der Waals surface area contributed by atoms with Gasteiger partial charge in [0.1, 0.15) is 5.75 Å². The van der Waals surface area contributed by atoms with Crippen LogP contribution < -0.4 is 5.32 Å². The Kier molecular flexibility index (Phi) is 3.11. The lowest BCUT2D eigenvalue weighted by molar-refractivity contribution is -0.0206. The predicted molar refractivity (Wildman–Crippen MR) is 83.5 cm³/mol. The van der Waals surface area contributed by atoms with Gasteiger partial charge in [-0.3, -0.25) is 0 Å². The van der Waals surface area contributed by atoms with Gasteiger partial charge in [0.15, 0.2) is 0 Å². The molecule has 0 amide bonds. The fourth-order valence-electron chi connectivity index (χ4n) is 5.31. The van der Waals surface area contributed by atoms with Gasteiger partial charge < -0.3 is 10.4 Å². The van der Waals surface area contributed by atoms with Crippen molar-refractivity contribution in [2.24, 2.45) is 17.8 Å². The first-order valence-corrected chi connectivity index (χ1v) is 8.64. The van der Waals surface area contributed by atoms with Crippen molar-refractivity contribution in [1.29, 1.82) is 0 Å². The molecule has 108 valence electrons. The van der Waals surface area contributed by atoms with E-state index in [9.17, 15) is 5.11 Å². The largest absolute Gasteiger partial charge is 0.508 e. The van der Waals surface area contributed by atoms with Crippen LogP contribution in [-0.2, 0) is 6.54 Å². The summed E-state index contributed by atoms with van der Waals surface area (Å²) >= 11 is 3.49. The Morgan fingerprint density at radius 2 is 1.70 bits per heavy atom. The summed E-state index contributed by atoms with van der Waals surface area (Å²) in [6.07, 6.45) is 8.49. The van der Waals surface area contributed by atoms with Gasteiger partial charge in [0.05, 0.1) is 0 Å². The summed E-state index contributed by atoms with van der Waals surface area (Å²) in [6, 6.07) is 5.70. The third-order valence-electron chi connectivity index (χ3n) is 5.73. The zero-order chi connectivity index (χ0) is 13.7. The number of phenolic OH excluding ortho intramolecular Hbond substituents is 1. The first-order valence-electron chi connectivity index (χ1n) is 7.84. The summed E-state index contributed by atoms with van der Waals surface area (Å²) in [5.41, 5.74) is 1.37. The molecule has 5 rings (SSSR count). The van der Waals surface area contributed by atoms with Gasteiger partial charge >= 0.3 is 0 Å². The molecule has 0 heterocycles. The van der Waals surface area contributed by atoms with Crippen LogP contribution in [0.4, 0.5) is 0 Å². The first-order chi connectivity index (χ1) is 9.62. The second-order valence-electron chi connectivity index (χ2n) is 7.32. The molecule has 4 aliphatic rings. The van der Waals surface area contributed by atoms with Crippen LogP contribution in [0.5, 0.6) is 5.75 Å². The average molecular weight is 336 g/mol. The summed E-state index contributed by atoms with van der Waals surface area (Å²) in [5.74, 6) is 3.30. The molecule has 4 aliphatic carbocycles. The fourth-order valence-corrected chi connectivity index (χ4v) is 5.71. The van der Waals surface area contributed by atoms with Crippen molar-refractivity contribution >= 4 is 15.9 Å². The number of aromatic hydroxyl groups is 1. The molecule has 0 spiro atoms. The minimum Gasteiger partial charge on any atom is -0.508 e. The van der Waals surface area contributed by atoms with Gasteiger partial charge in [0.2, 0.25) is 0 Å². The summed E-state index contributed by atoms with van der Waals surface area (Å²) in [7, 11) is 0. The zero-order valence-electron chi connectivity index (χ0n) is 11.7. The molecule has 2 N–H and O–H groups in total. The third kappa shape index (κ3) is 2.29. The van der Waals surface area contributed by atoms with Crippen LogP contribution in [0.15, 0.2) is 22.7 Å². The lowest BCUT2D eigenvalue weighted by Crippen LogP contribution is -2.58. The number of hydrogen-bond donors (Lipinski definition) is 2. The van der Waals surface area contributed by atoms with Crippen molar-refractivity contribution < 1.29 is 5.11 Å². The Morgan fingerprint density at radius 1 is 1.10 bits per heavy atom. The highest BCUT2D eigenvalue weighted by molar-refractivity contribution is 9.10. The summed E-state index contributed by atoms with van der Waals surface area (Å²) in [6.45, 7) is 0.789.